The summed E-state index contributed by atoms with van der Waals surface area (Å²) in [5.74, 6) is 0.696. The minimum Gasteiger partial charge on any atom is -0.444 e. The van der Waals surface area contributed by atoms with Crippen LogP contribution in [0.3, 0.4) is 0 Å². The van der Waals surface area contributed by atoms with E-state index in [0.717, 1.165) is 23.1 Å². The van der Waals surface area contributed by atoms with Crippen molar-refractivity contribution >= 4 is 22.9 Å². The number of benzene rings is 1. The van der Waals surface area contributed by atoms with Crippen LogP contribution < -0.4 is 4.90 Å². The molecule has 0 N–H and O–H groups in total. The zero-order chi connectivity index (χ0) is 25.7. The van der Waals surface area contributed by atoms with Crippen molar-refractivity contribution in [1.82, 2.24) is 19.4 Å². The van der Waals surface area contributed by atoms with Crippen molar-refractivity contribution in [3.05, 3.63) is 47.9 Å². The number of halogens is 3. The lowest BCUT2D eigenvalue weighted by molar-refractivity contribution is -0.137. The molecule has 0 spiro atoms. The quantitative estimate of drug-likeness (QED) is 0.470. The lowest BCUT2D eigenvalue weighted by Crippen LogP contribution is -2.59. The highest BCUT2D eigenvalue weighted by atomic mass is 19.4. The first kappa shape index (κ1) is 24.8. The smallest absolute Gasteiger partial charge is 0.416 e. The van der Waals surface area contributed by atoms with Crippen LogP contribution in [0, 0.1) is 6.92 Å². The van der Waals surface area contributed by atoms with E-state index in [1.54, 1.807) is 21.7 Å². The zero-order valence-electron chi connectivity index (χ0n) is 20.7. The second-order valence-corrected chi connectivity index (χ2v) is 10.1. The van der Waals surface area contributed by atoms with E-state index >= 15 is 0 Å². The first-order valence-corrected chi connectivity index (χ1v) is 11.5. The Morgan fingerprint density at radius 2 is 1.80 bits per heavy atom. The van der Waals surface area contributed by atoms with Crippen molar-refractivity contribution in [2.45, 2.75) is 65.4 Å². The maximum Gasteiger partial charge on any atom is 0.416 e. The molecule has 0 saturated carbocycles. The summed E-state index contributed by atoms with van der Waals surface area (Å²) in [4.78, 5) is 25.5. The summed E-state index contributed by atoms with van der Waals surface area (Å²) < 4.78 is 47.1. The Morgan fingerprint density at radius 1 is 1.09 bits per heavy atom. The van der Waals surface area contributed by atoms with Gasteiger partial charge in [-0.2, -0.15) is 13.2 Å². The molecule has 1 fully saturated rings. The normalized spacial score (nSPS) is 19.3. The van der Waals surface area contributed by atoms with Crippen LogP contribution in [0.1, 0.15) is 45.7 Å². The third kappa shape index (κ3) is 4.92. The maximum absolute atomic E-state index is 13.3. The van der Waals surface area contributed by atoms with Gasteiger partial charge in [0, 0.05) is 37.1 Å². The number of piperazine rings is 1. The van der Waals surface area contributed by atoms with Crippen LogP contribution in [0.15, 0.2) is 36.8 Å². The van der Waals surface area contributed by atoms with Gasteiger partial charge in [-0.05, 0) is 65.3 Å². The molecule has 1 amide bonds. The largest absolute Gasteiger partial charge is 0.444 e. The molecular weight excluding hydrogens is 459 g/mol. The number of nitrogens with zero attached hydrogens (tertiary/aromatic N) is 5. The average Bonchev–Trinajstić information content (AvgIpc) is 3.10. The minimum absolute atomic E-state index is 0.0619. The van der Waals surface area contributed by atoms with Crippen LogP contribution in [0.4, 0.5) is 23.8 Å². The Morgan fingerprint density at radius 3 is 2.46 bits per heavy atom. The predicted molar refractivity (Wildman–Crippen MR) is 128 cm³/mol. The van der Waals surface area contributed by atoms with Crippen LogP contribution in [0.5, 0.6) is 0 Å². The highest BCUT2D eigenvalue weighted by Gasteiger charge is 2.36. The molecule has 0 radical (unpaired) electrons. The topological polar surface area (TPSA) is 63.5 Å². The van der Waals surface area contributed by atoms with Gasteiger partial charge < -0.3 is 19.1 Å². The van der Waals surface area contributed by atoms with E-state index in [2.05, 4.69) is 14.9 Å². The molecule has 0 aliphatic carbocycles. The number of aromatic nitrogens is 3. The predicted octanol–water partition coefficient (Wildman–Crippen LogP) is 5.58. The van der Waals surface area contributed by atoms with E-state index in [1.165, 1.54) is 12.4 Å². The Hall–Kier alpha value is -3.30. The summed E-state index contributed by atoms with van der Waals surface area (Å²) in [7, 11) is 0. The summed E-state index contributed by atoms with van der Waals surface area (Å²) in [6.45, 7) is 12.4. The van der Waals surface area contributed by atoms with Gasteiger partial charge in [0.15, 0.2) is 0 Å². The van der Waals surface area contributed by atoms with E-state index < -0.39 is 17.3 Å². The number of hydrogen-bond donors (Lipinski definition) is 0. The fourth-order valence-electron chi connectivity index (χ4n) is 4.47. The zero-order valence-corrected chi connectivity index (χ0v) is 20.7. The number of alkyl halides is 3. The van der Waals surface area contributed by atoms with Crippen LogP contribution in [0.25, 0.3) is 16.7 Å². The van der Waals surface area contributed by atoms with Crippen molar-refractivity contribution in [2.24, 2.45) is 0 Å². The molecule has 2 atom stereocenters. The lowest BCUT2D eigenvalue weighted by atomic mass is 10.1. The fourth-order valence-corrected chi connectivity index (χ4v) is 4.47. The van der Waals surface area contributed by atoms with E-state index in [1.807, 2.05) is 41.5 Å². The second-order valence-electron chi connectivity index (χ2n) is 10.1. The van der Waals surface area contributed by atoms with Crippen molar-refractivity contribution in [2.75, 3.05) is 18.0 Å². The maximum atomic E-state index is 13.3. The van der Waals surface area contributed by atoms with Gasteiger partial charge >= 0.3 is 12.3 Å². The molecule has 1 saturated heterocycles. The molecular formula is C25H30F3N5O2. The molecule has 3 aromatic rings. The van der Waals surface area contributed by atoms with Gasteiger partial charge in [-0.25, -0.2) is 14.8 Å². The van der Waals surface area contributed by atoms with Gasteiger partial charge in [-0.1, -0.05) is 6.07 Å². The van der Waals surface area contributed by atoms with E-state index in [9.17, 15) is 18.0 Å². The Kier molecular flexibility index (Phi) is 6.19. The molecule has 10 heteroatoms. The molecule has 1 aliphatic heterocycles. The Labute approximate surface area is 202 Å². The molecule has 2 aromatic heterocycles. The standard InChI is InChI=1S/C25H30F3N5O2/c1-15-11-33(19-9-7-8-18(10-19)25(26,27)28)22-20(15)21(29-14-30-22)31-12-17(3)32(13-16(31)2)23(34)35-24(4,5)6/h7-11,14,16-17H,12-13H2,1-6H3/t16-,17+/m0/s1. The van der Waals surface area contributed by atoms with Gasteiger partial charge in [-0.3, -0.25) is 0 Å². The summed E-state index contributed by atoms with van der Waals surface area (Å²) >= 11 is 0. The Balaban J connectivity index is 1.70. The average molecular weight is 490 g/mol. The number of amides is 1. The molecule has 188 valence electrons. The van der Waals surface area contributed by atoms with Crippen molar-refractivity contribution in [3.8, 4) is 5.69 Å². The van der Waals surface area contributed by atoms with Crippen LogP contribution in [-0.2, 0) is 10.9 Å². The summed E-state index contributed by atoms with van der Waals surface area (Å²) in [6.07, 6.45) is -1.58. The molecule has 1 aliphatic rings. The Bertz CT molecular complexity index is 1250. The van der Waals surface area contributed by atoms with E-state index in [4.69, 9.17) is 4.74 Å². The van der Waals surface area contributed by atoms with Crippen LogP contribution in [-0.4, -0.2) is 56.3 Å². The number of carbonyl (C=O) groups is 1. The van der Waals surface area contributed by atoms with E-state index in [-0.39, 0.29) is 18.2 Å². The van der Waals surface area contributed by atoms with Gasteiger partial charge in [0.25, 0.3) is 0 Å². The number of carbonyl (C=O) groups excluding carboxylic acids is 1. The lowest BCUT2D eigenvalue weighted by Gasteiger charge is -2.44. The number of anilines is 1. The first-order chi connectivity index (χ1) is 16.3. The van der Waals surface area contributed by atoms with Gasteiger partial charge in [0.1, 0.15) is 23.4 Å². The van der Waals surface area contributed by atoms with Crippen molar-refractivity contribution in [1.29, 1.82) is 0 Å². The molecule has 0 bridgehead atoms. The molecule has 3 heterocycles. The van der Waals surface area contributed by atoms with Crippen molar-refractivity contribution < 1.29 is 22.7 Å². The second kappa shape index (κ2) is 8.73. The first-order valence-electron chi connectivity index (χ1n) is 11.5. The molecule has 7 nitrogen and oxygen atoms in total. The van der Waals surface area contributed by atoms with Gasteiger partial charge in [0.2, 0.25) is 0 Å². The van der Waals surface area contributed by atoms with Gasteiger partial charge in [0.05, 0.1) is 10.9 Å². The van der Waals surface area contributed by atoms with Gasteiger partial charge in [-0.15, -0.1) is 0 Å². The highest BCUT2D eigenvalue weighted by molar-refractivity contribution is 5.92. The third-order valence-corrected chi connectivity index (χ3v) is 6.09. The van der Waals surface area contributed by atoms with E-state index in [0.29, 0.717) is 30.2 Å². The summed E-state index contributed by atoms with van der Waals surface area (Å²) in [5.41, 5.74) is 0.450. The SMILES string of the molecule is Cc1cn(-c2cccc(C(F)(F)F)c2)c2ncnc(N3C[C@@H](C)N(C(=O)OC(C)(C)C)C[C@@H]3C)c12. The number of rotatable bonds is 2. The number of hydrogen-bond acceptors (Lipinski definition) is 5. The summed E-state index contributed by atoms with van der Waals surface area (Å²) in [6, 6.07) is 4.99. The number of fused-ring (bicyclic) bond motifs is 1. The van der Waals surface area contributed by atoms with Crippen LogP contribution in [0.2, 0.25) is 0 Å². The monoisotopic (exact) mass is 489 g/mol. The molecule has 4 rings (SSSR count). The highest BCUT2D eigenvalue weighted by Crippen LogP contribution is 2.35. The summed E-state index contributed by atoms with van der Waals surface area (Å²) in [5, 5.41) is 0.773. The minimum atomic E-state index is -4.44. The van der Waals surface area contributed by atoms with Crippen molar-refractivity contribution in [3.63, 3.8) is 0 Å². The third-order valence-electron chi connectivity index (χ3n) is 6.09. The fraction of sp³-hybridized carbons (Fsp3) is 0.480. The molecule has 1 aromatic carbocycles. The number of aryl methyl sites for hydroxylation is 1. The van der Waals surface area contributed by atoms with Crippen LogP contribution >= 0.6 is 0 Å². The molecule has 0 unspecified atom stereocenters. The number of ether oxygens (including phenoxy) is 1. The molecule has 35 heavy (non-hydrogen) atoms.